The van der Waals surface area contributed by atoms with Gasteiger partial charge in [0.1, 0.15) is 11.4 Å². The summed E-state index contributed by atoms with van der Waals surface area (Å²) in [5.74, 6) is -0.729. The Labute approximate surface area is 100 Å². The van der Waals surface area contributed by atoms with Crippen LogP contribution in [0.3, 0.4) is 0 Å². The van der Waals surface area contributed by atoms with Crippen LogP contribution in [0, 0.1) is 5.82 Å². The zero-order valence-corrected chi connectivity index (χ0v) is 10.0. The third-order valence-electron chi connectivity index (χ3n) is 3.18. The van der Waals surface area contributed by atoms with E-state index in [0.717, 1.165) is 17.5 Å². The molecule has 1 aromatic carbocycles. The van der Waals surface area contributed by atoms with Crippen molar-refractivity contribution in [3.8, 4) is 0 Å². The van der Waals surface area contributed by atoms with E-state index in [1.54, 1.807) is 13.0 Å². The molecule has 0 spiro atoms. The Hall–Kier alpha value is -1.64. The number of rotatable bonds is 2. The van der Waals surface area contributed by atoms with Crippen LogP contribution in [0.1, 0.15) is 31.4 Å². The zero-order chi connectivity index (χ0) is 12.6. The predicted molar refractivity (Wildman–Crippen MR) is 63.0 cm³/mol. The van der Waals surface area contributed by atoms with Crippen LogP contribution in [0.4, 0.5) is 4.39 Å². The zero-order valence-electron chi connectivity index (χ0n) is 10.0. The van der Waals surface area contributed by atoms with Crippen LogP contribution in [0.25, 0.3) is 0 Å². The number of benzene rings is 1. The van der Waals surface area contributed by atoms with Crippen molar-refractivity contribution in [2.24, 2.45) is 0 Å². The molecule has 1 aliphatic rings. The SMILES string of the molecule is C=C(C)C(=O)OC1(C)CCc2ccc(F)cc21. The fourth-order valence-corrected chi connectivity index (χ4v) is 2.16. The molecule has 2 nitrogen and oxygen atoms in total. The molecule has 0 amide bonds. The lowest BCUT2D eigenvalue weighted by Gasteiger charge is -2.26. The maximum Gasteiger partial charge on any atom is 0.333 e. The molecule has 1 aromatic rings. The molecule has 0 fully saturated rings. The Bertz CT molecular complexity index is 493. The minimum Gasteiger partial charge on any atom is -0.451 e. The first kappa shape index (κ1) is 11.8. The summed E-state index contributed by atoms with van der Waals surface area (Å²) >= 11 is 0. The Balaban J connectivity index is 2.33. The Morgan fingerprint density at radius 3 is 2.88 bits per heavy atom. The lowest BCUT2D eigenvalue weighted by Crippen LogP contribution is -2.26. The topological polar surface area (TPSA) is 26.3 Å². The van der Waals surface area contributed by atoms with Crippen molar-refractivity contribution in [1.82, 2.24) is 0 Å². The third kappa shape index (κ3) is 2.09. The van der Waals surface area contributed by atoms with Gasteiger partial charge in [-0.15, -0.1) is 0 Å². The molecule has 0 saturated heterocycles. The second-order valence-corrected chi connectivity index (χ2v) is 4.70. The average molecular weight is 234 g/mol. The highest BCUT2D eigenvalue weighted by Gasteiger charge is 2.38. The van der Waals surface area contributed by atoms with Crippen molar-refractivity contribution in [1.29, 1.82) is 0 Å². The molecule has 0 heterocycles. The minimum atomic E-state index is -0.729. The Morgan fingerprint density at radius 1 is 1.53 bits per heavy atom. The highest BCUT2D eigenvalue weighted by molar-refractivity contribution is 5.87. The molecule has 2 rings (SSSR count). The molecule has 3 heteroatoms. The number of esters is 1. The van der Waals surface area contributed by atoms with E-state index in [2.05, 4.69) is 6.58 Å². The minimum absolute atomic E-state index is 0.303. The molecule has 0 saturated carbocycles. The molecule has 0 radical (unpaired) electrons. The van der Waals surface area contributed by atoms with E-state index in [0.29, 0.717) is 12.0 Å². The number of ether oxygens (including phenoxy) is 1. The van der Waals surface area contributed by atoms with Crippen molar-refractivity contribution >= 4 is 5.97 Å². The van der Waals surface area contributed by atoms with Crippen molar-refractivity contribution in [3.05, 3.63) is 47.3 Å². The van der Waals surface area contributed by atoms with Crippen LogP contribution >= 0.6 is 0 Å². The van der Waals surface area contributed by atoms with Gasteiger partial charge in [0.05, 0.1) is 0 Å². The Kier molecular flexibility index (Phi) is 2.77. The maximum atomic E-state index is 13.2. The van der Waals surface area contributed by atoms with E-state index in [9.17, 15) is 9.18 Å². The fraction of sp³-hybridized carbons (Fsp3) is 0.357. The quantitative estimate of drug-likeness (QED) is 0.580. The van der Waals surface area contributed by atoms with Gasteiger partial charge in [-0.3, -0.25) is 0 Å². The maximum absolute atomic E-state index is 13.2. The van der Waals surface area contributed by atoms with Crippen molar-refractivity contribution in [3.63, 3.8) is 0 Å². The van der Waals surface area contributed by atoms with E-state index < -0.39 is 11.6 Å². The number of aryl methyl sites for hydroxylation is 1. The number of carbonyl (C=O) groups is 1. The summed E-state index contributed by atoms with van der Waals surface area (Å²) in [4.78, 5) is 11.6. The van der Waals surface area contributed by atoms with Crippen LogP contribution in [0.2, 0.25) is 0 Å². The second-order valence-electron chi connectivity index (χ2n) is 4.70. The van der Waals surface area contributed by atoms with E-state index in [4.69, 9.17) is 4.74 Å². The van der Waals surface area contributed by atoms with Gasteiger partial charge >= 0.3 is 5.97 Å². The number of halogens is 1. The lowest BCUT2D eigenvalue weighted by molar-refractivity contribution is -0.154. The smallest absolute Gasteiger partial charge is 0.333 e. The normalized spacial score (nSPS) is 22.1. The van der Waals surface area contributed by atoms with Gasteiger partial charge in [-0.25, -0.2) is 9.18 Å². The van der Waals surface area contributed by atoms with E-state index in [1.165, 1.54) is 12.1 Å². The molecule has 90 valence electrons. The van der Waals surface area contributed by atoms with Gasteiger partial charge in [0.25, 0.3) is 0 Å². The fourth-order valence-electron chi connectivity index (χ4n) is 2.16. The summed E-state index contributed by atoms with van der Waals surface area (Å²) in [6.45, 7) is 6.98. The standard InChI is InChI=1S/C14H15FO2/c1-9(2)13(16)17-14(3)7-6-10-4-5-11(15)8-12(10)14/h4-5,8H,1,6-7H2,2-3H3. The van der Waals surface area contributed by atoms with E-state index >= 15 is 0 Å². The molecule has 1 unspecified atom stereocenters. The summed E-state index contributed by atoms with van der Waals surface area (Å²) in [5.41, 5.74) is 1.44. The first-order chi connectivity index (χ1) is 7.92. The second kappa shape index (κ2) is 3.99. The molecule has 0 bridgehead atoms. The van der Waals surface area contributed by atoms with Gasteiger partial charge in [0, 0.05) is 11.1 Å². The van der Waals surface area contributed by atoms with Gasteiger partial charge in [0.15, 0.2) is 0 Å². The number of hydrogen-bond donors (Lipinski definition) is 0. The van der Waals surface area contributed by atoms with Crippen molar-refractivity contribution < 1.29 is 13.9 Å². The molecule has 1 aliphatic carbocycles. The lowest BCUT2D eigenvalue weighted by atomic mass is 9.98. The highest BCUT2D eigenvalue weighted by Crippen LogP contribution is 2.40. The van der Waals surface area contributed by atoms with Crippen molar-refractivity contribution in [2.45, 2.75) is 32.3 Å². The Morgan fingerprint density at radius 2 is 2.24 bits per heavy atom. The molecule has 0 aromatic heterocycles. The summed E-state index contributed by atoms with van der Waals surface area (Å²) in [6, 6.07) is 4.64. The number of hydrogen-bond acceptors (Lipinski definition) is 2. The van der Waals surface area contributed by atoms with Gasteiger partial charge in [-0.05, 0) is 44.4 Å². The van der Waals surface area contributed by atoms with Gasteiger partial charge < -0.3 is 4.74 Å². The molecule has 17 heavy (non-hydrogen) atoms. The van der Waals surface area contributed by atoms with Crippen LogP contribution in [-0.2, 0) is 21.6 Å². The first-order valence-electron chi connectivity index (χ1n) is 5.60. The van der Waals surface area contributed by atoms with Crippen molar-refractivity contribution in [2.75, 3.05) is 0 Å². The van der Waals surface area contributed by atoms with Gasteiger partial charge in [0.2, 0.25) is 0 Å². The highest BCUT2D eigenvalue weighted by atomic mass is 19.1. The summed E-state index contributed by atoms with van der Waals surface area (Å²) in [5, 5.41) is 0. The van der Waals surface area contributed by atoms with Gasteiger partial charge in [-0.2, -0.15) is 0 Å². The summed E-state index contributed by atoms with van der Waals surface area (Å²) in [6.07, 6.45) is 1.49. The van der Waals surface area contributed by atoms with Gasteiger partial charge in [-0.1, -0.05) is 12.6 Å². The molecular formula is C14H15FO2. The first-order valence-corrected chi connectivity index (χ1v) is 5.60. The number of fused-ring (bicyclic) bond motifs is 1. The third-order valence-corrected chi connectivity index (χ3v) is 3.18. The molecular weight excluding hydrogens is 219 g/mol. The predicted octanol–water partition coefficient (Wildman–Crippen LogP) is 3.11. The largest absolute Gasteiger partial charge is 0.451 e. The van der Waals surface area contributed by atoms with Crippen LogP contribution in [0.5, 0.6) is 0 Å². The molecule has 1 atom stereocenters. The summed E-state index contributed by atoms with van der Waals surface area (Å²) in [7, 11) is 0. The van der Waals surface area contributed by atoms with E-state index in [-0.39, 0.29) is 5.82 Å². The average Bonchev–Trinajstić information content (AvgIpc) is 2.56. The molecule has 0 N–H and O–H groups in total. The van der Waals surface area contributed by atoms with Crippen LogP contribution in [0.15, 0.2) is 30.4 Å². The van der Waals surface area contributed by atoms with E-state index in [1.807, 2.05) is 6.92 Å². The van der Waals surface area contributed by atoms with Crippen LogP contribution < -0.4 is 0 Å². The number of carbonyl (C=O) groups excluding carboxylic acids is 1. The van der Waals surface area contributed by atoms with Crippen LogP contribution in [-0.4, -0.2) is 5.97 Å². The monoisotopic (exact) mass is 234 g/mol. The summed E-state index contributed by atoms with van der Waals surface area (Å²) < 4.78 is 18.7. The molecule has 0 aliphatic heterocycles.